The fraction of sp³-hybridized carbons (Fsp3) is 0.367. The van der Waals surface area contributed by atoms with E-state index in [0.29, 0.717) is 17.8 Å². The van der Waals surface area contributed by atoms with Gasteiger partial charge in [0, 0.05) is 56.7 Å². The van der Waals surface area contributed by atoms with Crippen molar-refractivity contribution in [1.29, 1.82) is 0 Å². The van der Waals surface area contributed by atoms with E-state index in [1.165, 1.54) is 17.0 Å². The van der Waals surface area contributed by atoms with E-state index in [9.17, 15) is 14.0 Å². The van der Waals surface area contributed by atoms with Gasteiger partial charge in [-0.1, -0.05) is 70.6 Å². The molecule has 1 saturated heterocycles. The van der Waals surface area contributed by atoms with Crippen LogP contribution in [-0.4, -0.2) is 82.2 Å². The van der Waals surface area contributed by atoms with Gasteiger partial charge in [-0.05, 0) is 42.5 Å². The summed E-state index contributed by atoms with van der Waals surface area (Å²) in [7, 11) is 1.65. The molecule has 1 aromatic heterocycles. The molecule has 4 rings (SSSR count). The molecule has 1 aliphatic rings. The highest BCUT2D eigenvalue weighted by atomic mass is 127. The fourth-order valence-corrected chi connectivity index (χ4v) is 5.82. The summed E-state index contributed by atoms with van der Waals surface area (Å²) in [6, 6.07) is 13.1. The number of nitrogens with one attached hydrogen (secondary N) is 2. The third-order valence-electron chi connectivity index (χ3n) is 7.42. The van der Waals surface area contributed by atoms with Gasteiger partial charge in [0.25, 0.3) is 0 Å². The number of likely N-dealkylation sites (N-methyl/N-ethyl adjacent to an activating group) is 1. The van der Waals surface area contributed by atoms with Crippen LogP contribution in [0.2, 0.25) is 5.02 Å². The number of alkyl halides is 1. The van der Waals surface area contributed by atoms with Gasteiger partial charge in [0.2, 0.25) is 0 Å². The average Bonchev–Trinajstić information content (AvgIpc) is 3.02. The van der Waals surface area contributed by atoms with Crippen molar-refractivity contribution in [3.8, 4) is 0 Å². The first-order valence-corrected chi connectivity index (χ1v) is 15.9. The molecule has 43 heavy (non-hydrogen) atoms. The predicted molar refractivity (Wildman–Crippen MR) is 175 cm³/mol. The molecule has 1 fully saturated rings. The Morgan fingerprint density at radius 1 is 1.23 bits per heavy atom. The Morgan fingerprint density at radius 2 is 2.02 bits per heavy atom. The van der Waals surface area contributed by atoms with E-state index in [1.807, 2.05) is 24.3 Å². The van der Waals surface area contributed by atoms with Crippen molar-refractivity contribution < 1.29 is 18.7 Å². The zero-order valence-electron chi connectivity index (χ0n) is 23.9. The molecule has 2 heterocycles. The molecule has 0 bridgehead atoms. The summed E-state index contributed by atoms with van der Waals surface area (Å²) < 4.78 is 20.3. The van der Waals surface area contributed by atoms with Gasteiger partial charge < -0.3 is 25.6 Å². The van der Waals surface area contributed by atoms with E-state index in [0.717, 1.165) is 53.6 Å². The Kier molecular flexibility index (Phi) is 12.1. The van der Waals surface area contributed by atoms with Crippen LogP contribution in [-0.2, 0) is 11.3 Å². The van der Waals surface area contributed by atoms with Crippen LogP contribution in [0.15, 0.2) is 66.6 Å². The Morgan fingerprint density at radius 3 is 2.79 bits per heavy atom. The van der Waals surface area contributed by atoms with Crippen molar-refractivity contribution in [3.63, 3.8) is 0 Å². The quantitative estimate of drug-likeness (QED) is 0.138. The molecule has 0 unspecified atom stereocenters. The molecule has 0 spiro atoms. The SMILES string of the molecule is CN(C(=O)NCc1cccc(F)c1Cl)[C@@H](CCCN1CCN(CI)/C(=C\N)C1)COC(=O)Nc1cc2ccccc2cn1. The highest BCUT2D eigenvalue weighted by Gasteiger charge is 2.24. The van der Waals surface area contributed by atoms with Crippen LogP contribution in [0.3, 0.4) is 0 Å². The minimum atomic E-state index is -0.666. The molecule has 0 saturated carbocycles. The Bertz CT molecular complexity index is 1450. The lowest BCUT2D eigenvalue weighted by Crippen LogP contribution is -2.47. The predicted octanol–water partition coefficient (Wildman–Crippen LogP) is 5.38. The molecule has 3 aromatic rings. The number of carbonyl (C=O) groups excluding carboxylic acids is 2. The summed E-state index contributed by atoms with van der Waals surface area (Å²) in [5.41, 5.74) is 7.40. The highest BCUT2D eigenvalue weighted by Crippen LogP contribution is 2.20. The maximum absolute atomic E-state index is 13.8. The summed E-state index contributed by atoms with van der Waals surface area (Å²) in [6.45, 7) is 3.38. The van der Waals surface area contributed by atoms with E-state index in [-0.39, 0.29) is 18.2 Å². The number of anilines is 1. The molecule has 2 aromatic carbocycles. The number of aromatic nitrogens is 1. The maximum Gasteiger partial charge on any atom is 0.412 e. The molecule has 10 nitrogen and oxygen atoms in total. The lowest BCUT2D eigenvalue weighted by Gasteiger charge is -2.37. The number of piperazine rings is 1. The van der Waals surface area contributed by atoms with E-state index in [4.69, 9.17) is 22.1 Å². The van der Waals surface area contributed by atoms with Crippen LogP contribution in [0.4, 0.5) is 19.8 Å². The van der Waals surface area contributed by atoms with Crippen LogP contribution in [0.25, 0.3) is 10.8 Å². The number of carbonyl (C=O) groups is 2. The number of hydrogen-bond donors (Lipinski definition) is 3. The van der Waals surface area contributed by atoms with Crippen LogP contribution < -0.4 is 16.4 Å². The second-order valence-corrected chi connectivity index (χ2v) is 11.3. The van der Waals surface area contributed by atoms with Gasteiger partial charge >= 0.3 is 12.1 Å². The smallest absolute Gasteiger partial charge is 0.412 e. The van der Waals surface area contributed by atoms with Crippen molar-refractivity contribution in [2.75, 3.05) is 49.7 Å². The number of halogens is 3. The van der Waals surface area contributed by atoms with E-state index < -0.39 is 24.0 Å². The number of hydrogen-bond acceptors (Lipinski definition) is 7. The zero-order valence-corrected chi connectivity index (χ0v) is 26.9. The summed E-state index contributed by atoms with van der Waals surface area (Å²) in [4.78, 5) is 36.2. The molecular weight excluding hydrogens is 688 g/mol. The third-order valence-corrected chi connectivity index (χ3v) is 8.67. The Hall–Kier alpha value is -3.36. The van der Waals surface area contributed by atoms with Crippen molar-refractivity contribution >= 4 is 62.9 Å². The van der Waals surface area contributed by atoms with E-state index >= 15 is 0 Å². The van der Waals surface area contributed by atoms with Gasteiger partial charge in [0.05, 0.1) is 15.6 Å². The standard InChI is InChI=1S/C30H36ClFIN7O3/c1-38(29(41)36-17-23-8-4-10-26(32)28(23)31)24(9-5-11-39-12-13-40(20-33)25(15-34)18-39)19-43-30(42)37-27-14-21-6-2-3-7-22(21)16-35-27/h2-4,6-8,10,14-16,24H,5,9,11-13,17-20,34H2,1H3,(H,36,41)(H,35,37,42)/b25-15-/t24-/m0/s1. The third kappa shape index (κ3) is 9.07. The first-order valence-electron chi connectivity index (χ1n) is 13.9. The van der Waals surface area contributed by atoms with E-state index in [1.54, 1.807) is 31.6 Å². The van der Waals surface area contributed by atoms with Crippen molar-refractivity contribution in [1.82, 2.24) is 25.0 Å². The first-order chi connectivity index (χ1) is 20.8. The number of rotatable bonds is 11. The number of nitrogens with zero attached hydrogens (tertiary/aromatic N) is 4. The minimum Gasteiger partial charge on any atom is -0.447 e. The van der Waals surface area contributed by atoms with Gasteiger partial charge in [-0.3, -0.25) is 10.2 Å². The topological polar surface area (TPSA) is 116 Å². The largest absolute Gasteiger partial charge is 0.447 e. The van der Waals surface area contributed by atoms with Gasteiger partial charge in [0.15, 0.2) is 0 Å². The number of amides is 3. The Balaban J connectivity index is 1.36. The Labute approximate surface area is 269 Å². The fourth-order valence-electron chi connectivity index (χ4n) is 4.85. The molecule has 1 atom stereocenters. The zero-order chi connectivity index (χ0) is 30.8. The second-order valence-electron chi connectivity index (χ2n) is 10.2. The molecule has 230 valence electrons. The highest BCUT2D eigenvalue weighted by molar-refractivity contribution is 14.1. The van der Waals surface area contributed by atoms with Crippen LogP contribution in [0.1, 0.15) is 18.4 Å². The minimum absolute atomic E-state index is 0.0272. The van der Waals surface area contributed by atoms with Crippen molar-refractivity contribution in [2.45, 2.75) is 25.4 Å². The van der Waals surface area contributed by atoms with Crippen LogP contribution in [0, 0.1) is 5.82 Å². The first kappa shape index (κ1) is 32.6. The van der Waals surface area contributed by atoms with Crippen LogP contribution in [0.5, 0.6) is 0 Å². The molecule has 1 aliphatic heterocycles. The monoisotopic (exact) mass is 723 g/mol. The summed E-state index contributed by atoms with van der Waals surface area (Å²) in [5, 5.41) is 7.32. The van der Waals surface area contributed by atoms with Crippen molar-refractivity contribution in [2.24, 2.45) is 5.73 Å². The number of ether oxygens (including phenoxy) is 1. The molecule has 0 radical (unpaired) electrons. The van der Waals surface area contributed by atoms with Gasteiger partial charge in [-0.25, -0.2) is 19.0 Å². The van der Waals surface area contributed by atoms with E-state index in [2.05, 4.69) is 48.0 Å². The lowest BCUT2D eigenvalue weighted by atomic mass is 10.1. The molecule has 13 heteroatoms. The molecular formula is C30H36ClFIN7O3. The molecule has 0 aliphatic carbocycles. The summed E-state index contributed by atoms with van der Waals surface area (Å²) in [6.07, 6.45) is 4.02. The average molecular weight is 724 g/mol. The van der Waals surface area contributed by atoms with Crippen molar-refractivity contribution in [3.05, 3.63) is 83.0 Å². The molecule has 4 N–H and O–H groups in total. The molecule has 3 amide bonds. The number of fused-ring (bicyclic) bond motifs is 1. The van der Waals surface area contributed by atoms with Crippen LogP contribution >= 0.6 is 34.2 Å². The normalized spacial score (nSPS) is 15.3. The van der Waals surface area contributed by atoms with Gasteiger partial charge in [-0.15, -0.1) is 0 Å². The van der Waals surface area contributed by atoms with Gasteiger partial charge in [-0.2, -0.15) is 0 Å². The number of urea groups is 1. The maximum atomic E-state index is 13.8. The van der Waals surface area contributed by atoms with Gasteiger partial charge in [0.1, 0.15) is 18.2 Å². The second kappa shape index (κ2) is 15.9. The summed E-state index contributed by atoms with van der Waals surface area (Å²) >= 11 is 8.39. The summed E-state index contributed by atoms with van der Waals surface area (Å²) in [5.74, 6) is -0.181. The number of nitrogens with two attached hydrogens (primary N) is 1. The lowest BCUT2D eigenvalue weighted by molar-refractivity contribution is 0.110. The number of benzene rings is 2. The number of pyridine rings is 1.